The molecule has 1 amide bonds. The van der Waals surface area contributed by atoms with Crippen molar-refractivity contribution in [1.29, 1.82) is 0 Å². The van der Waals surface area contributed by atoms with Gasteiger partial charge in [0.05, 0.1) is 12.0 Å². The fourth-order valence-electron chi connectivity index (χ4n) is 3.94. The van der Waals surface area contributed by atoms with Gasteiger partial charge in [-0.1, -0.05) is 12.1 Å². The number of nitrogens with zero attached hydrogens (tertiary/aromatic N) is 1. The molecule has 7 heteroatoms. The Balaban J connectivity index is 1.52. The van der Waals surface area contributed by atoms with E-state index in [1.165, 1.54) is 6.07 Å². The third-order valence-corrected chi connectivity index (χ3v) is 5.50. The van der Waals surface area contributed by atoms with E-state index in [9.17, 15) is 9.18 Å². The average molecular weight is 358 g/mol. The Labute approximate surface area is 151 Å². The van der Waals surface area contributed by atoms with Gasteiger partial charge in [-0.2, -0.15) is 0 Å². The van der Waals surface area contributed by atoms with Crippen molar-refractivity contribution in [3.63, 3.8) is 0 Å². The molecule has 1 aromatic heterocycles. The van der Waals surface area contributed by atoms with Crippen molar-refractivity contribution in [2.75, 3.05) is 26.3 Å². The van der Waals surface area contributed by atoms with E-state index in [4.69, 9.17) is 4.74 Å². The molecule has 1 fully saturated rings. The minimum absolute atomic E-state index is 0.0969. The van der Waals surface area contributed by atoms with Crippen LogP contribution in [0.15, 0.2) is 30.6 Å². The van der Waals surface area contributed by atoms with Gasteiger partial charge < -0.3 is 20.4 Å². The number of benzene rings is 1. The Bertz CT molecular complexity index is 785. The number of aromatic amines is 1. The topological polar surface area (TPSA) is 79.0 Å². The van der Waals surface area contributed by atoms with Crippen LogP contribution in [0.2, 0.25) is 0 Å². The van der Waals surface area contributed by atoms with Crippen molar-refractivity contribution in [3.8, 4) is 0 Å². The highest BCUT2D eigenvalue weighted by atomic mass is 19.1. The fourth-order valence-corrected chi connectivity index (χ4v) is 3.94. The van der Waals surface area contributed by atoms with Crippen LogP contribution in [0.3, 0.4) is 0 Å². The van der Waals surface area contributed by atoms with Crippen LogP contribution in [0.25, 0.3) is 0 Å². The number of carbonyl (C=O) groups is 1. The zero-order valence-corrected chi connectivity index (χ0v) is 14.6. The second-order valence-electron chi connectivity index (χ2n) is 7.02. The van der Waals surface area contributed by atoms with Gasteiger partial charge in [0.25, 0.3) is 0 Å². The Hall–Kier alpha value is -2.25. The molecule has 26 heavy (non-hydrogen) atoms. The molecule has 1 unspecified atom stereocenters. The van der Waals surface area contributed by atoms with Crippen molar-refractivity contribution < 1.29 is 13.9 Å². The zero-order chi connectivity index (χ0) is 18.0. The van der Waals surface area contributed by atoms with Crippen LogP contribution in [-0.2, 0) is 21.4 Å². The van der Waals surface area contributed by atoms with Gasteiger partial charge in [0.2, 0.25) is 5.91 Å². The van der Waals surface area contributed by atoms with E-state index in [0.29, 0.717) is 19.8 Å². The summed E-state index contributed by atoms with van der Waals surface area (Å²) in [6.07, 6.45) is 3.97. The highest BCUT2D eigenvalue weighted by Gasteiger charge is 2.36. The molecule has 3 heterocycles. The van der Waals surface area contributed by atoms with Crippen molar-refractivity contribution in [1.82, 2.24) is 20.6 Å². The van der Waals surface area contributed by atoms with Gasteiger partial charge >= 0.3 is 0 Å². The minimum atomic E-state index is -0.450. The zero-order valence-electron chi connectivity index (χ0n) is 14.6. The van der Waals surface area contributed by atoms with Crippen molar-refractivity contribution in [2.45, 2.75) is 30.7 Å². The van der Waals surface area contributed by atoms with Gasteiger partial charge in [-0.25, -0.2) is 9.37 Å². The lowest BCUT2D eigenvalue weighted by Gasteiger charge is -2.38. The Morgan fingerprint density at radius 2 is 2.23 bits per heavy atom. The van der Waals surface area contributed by atoms with E-state index >= 15 is 0 Å². The average Bonchev–Trinajstić information content (AvgIpc) is 3.16. The molecule has 2 aliphatic rings. The lowest BCUT2D eigenvalue weighted by molar-refractivity contribution is -0.124. The molecule has 0 radical (unpaired) electrons. The molecule has 2 aliphatic heterocycles. The first-order chi connectivity index (χ1) is 12.7. The van der Waals surface area contributed by atoms with Gasteiger partial charge in [-0.15, -0.1) is 0 Å². The molecule has 0 saturated carbocycles. The van der Waals surface area contributed by atoms with Crippen LogP contribution in [0.5, 0.6) is 0 Å². The highest BCUT2D eigenvalue weighted by Crippen LogP contribution is 2.35. The van der Waals surface area contributed by atoms with Gasteiger partial charge in [0.15, 0.2) is 0 Å². The van der Waals surface area contributed by atoms with E-state index in [1.54, 1.807) is 18.5 Å². The van der Waals surface area contributed by atoms with E-state index in [1.807, 2.05) is 6.07 Å². The number of imidazole rings is 1. The normalized spacial score (nSPS) is 21.8. The van der Waals surface area contributed by atoms with Gasteiger partial charge in [-0.3, -0.25) is 4.79 Å². The number of rotatable bonds is 4. The van der Waals surface area contributed by atoms with Gasteiger partial charge in [-0.05, 0) is 30.5 Å². The Kier molecular flexibility index (Phi) is 4.74. The quantitative estimate of drug-likeness (QED) is 0.776. The number of halogens is 1. The standard InChI is InChI=1S/C19H23FN4O2/c20-14-3-1-2-13(10-14)19(5-8-26-9-6-19)11-22-18(25)17-16-15(4-7-21-17)23-12-24-16/h1-3,10,12,17,21H,4-9,11H2,(H,22,25)(H,23,24). The summed E-state index contributed by atoms with van der Waals surface area (Å²) in [5.74, 6) is -0.352. The smallest absolute Gasteiger partial charge is 0.243 e. The van der Waals surface area contributed by atoms with Crippen LogP contribution in [0.1, 0.15) is 35.8 Å². The number of ether oxygens (including phenoxy) is 1. The van der Waals surface area contributed by atoms with Gasteiger partial charge in [0, 0.05) is 43.8 Å². The lowest BCUT2D eigenvalue weighted by Crippen LogP contribution is -2.48. The Morgan fingerprint density at radius 1 is 1.38 bits per heavy atom. The molecule has 6 nitrogen and oxygen atoms in total. The van der Waals surface area contributed by atoms with Gasteiger partial charge in [0.1, 0.15) is 11.9 Å². The summed E-state index contributed by atoms with van der Waals surface area (Å²) in [6, 6.07) is 6.23. The third-order valence-electron chi connectivity index (χ3n) is 5.50. The lowest BCUT2D eigenvalue weighted by atomic mass is 9.74. The molecule has 3 N–H and O–H groups in total. The number of hydrogen-bond acceptors (Lipinski definition) is 4. The van der Waals surface area contributed by atoms with Crippen LogP contribution in [-0.4, -0.2) is 42.2 Å². The second-order valence-corrected chi connectivity index (χ2v) is 7.02. The number of fused-ring (bicyclic) bond motifs is 1. The molecule has 0 spiro atoms. The summed E-state index contributed by atoms with van der Waals surface area (Å²) in [5.41, 5.74) is 2.38. The summed E-state index contributed by atoms with van der Waals surface area (Å²) >= 11 is 0. The predicted octanol–water partition coefficient (Wildman–Crippen LogP) is 1.60. The molecule has 1 atom stereocenters. The number of nitrogens with one attached hydrogen (secondary N) is 3. The maximum absolute atomic E-state index is 13.8. The van der Waals surface area contributed by atoms with Crippen molar-refractivity contribution in [2.24, 2.45) is 0 Å². The molecule has 0 bridgehead atoms. The van der Waals surface area contributed by atoms with Crippen LogP contribution in [0, 0.1) is 5.82 Å². The van der Waals surface area contributed by atoms with Crippen LogP contribution < -0.4 is 10.6 Å². The van der Waals surface area contributed by atoms with Crippen molar-refractivity contribution in [3.05, 3.63) is 53.4 Å². The van der Waals surface area contributed by atoms with Crippen LogP contribution in [0.4, 0.5) is 4.39 Å². The number of carbonyl (C=O) groups excluding carboxylic acids is 1. The first-order valence-electron chi connectivity index (χ1n) is 9.05. The Morgan fingerprint density at radius 3 is 3.04 bits per heavy atom. The number of H-pyrrole nitrogens is 1. The fraction of sp³-hybridized carbons (Fsp3) is 0.474. The molecular formula is C19H23FN4O2. The second kappa shape index (κ2) is 7.17. The summed E-state index contributed by atoms with van der Waals surface area (Å²) < 4.78 is 19.3. The first kappa shape index (κ1) is 17.2. The minimum Gasteiger partial charge on any atom is -0.381 e. The summed E-state index contributed by atoms with van der Waals surface area (Å²) in [6.45, 7) is 2.40. The SMILES string of the molecule is O=C(NCC1(c2cccc(F)c2)CCOCC1)C1NCCc2[nH]cnc21. The van der Waals surface area contributed by atoms with E-state index in [-0.39, 0.29) is 17.1 Å². The highest BCUT2D eigenvalue weighted by molar-refractivity contribution is 5.83. The van der Waals surface area contributed by atoms with E-state index in [2.05, 4.69) is 20.6 Å². The maximum Gasteiger partial charge on any atom is 0.243 e. The number of amides is 1. The summed E-state index contributed by atoms with van der Waals surface area (Å²) in [5, 5.41) is 6.31. The first-order valence-corrected chi connectivity index (χ1v) is 9.05. The van der Waals surface area contributed by atoms with Crippen molar-refractivity contribution >= 4 is 5.91 Å². The molecule has 0 aliphatic carbocycles. The molecule has 1 aromatic carbocycles. The summed E-state index contributed by atoms with van der Waals surface area (Å²) in [4.78, 5) is 20.2. The van der Waals surface area contributed by atoms with E-state index in [0.717, 1.165) is 42.8 Å². The predicted molar refractivity (Wildman–Crippen MR) is 94.2 cm³/mol. The maximum atomic E-state index is 13.8. The molecule has 1 saturated heterocycles. The monoisotopic (exact) mass is 358 g/mol. The molecular weight excluding hydrogens is 335 g/mol. The van der Waals surface area contributed by atoms with E-state index < -0.39 is 6.04 Å². The largest absolute Gasteiger partial charge is 0.381 e. The summed E-state index contributed by atoms with van der Waals surface area (Å²) in [7, 11) is 0. The third kappa shape index (κ3) is 3.24. The molecule has 4 rings (SSSR count). The molecule has 2 aromatic rings. The molecule has 138 valence electrons. The number of aromatic nitrogens is 2. The number of hydrogen-bond donors (Lipinski definition) is 3. The van der Waals surface area contributed by atoms with Crippen LogP contribution >= 0.6 is 0 Å².